The SMILES string of the molecule is C/C=C(C=O)/C(=C/C=O)CC(=O)OCCc1ccc(O)c(O)c1. The summed E-state index contributed by atoms with van der Waals surface area (Å²) in [5.41, 5.74) is 1.25. The first-order valence-corrected chi connectivity index (χ1v) is 6.94. The smallest absolute Gasteiger partial charge is 0.310 e. The van der Waals surface area contributed by atoms with Crippen LogP contribution in [0.25, 0.3) is 0 Å². The minimum Gasteiger partial charge on any atom is -0.504 e. The molecule has 0 saturated carbocycles. The highest BCUT2D eigenvalue weighted by Gasteiger charge is 2.11. The Labute approximate surface area is 133 Å². The van der Waals surface area contributed by atoms with E-state index in [1.807, 2.05) is 0 Å². The third-order valence-electron chi connectivity index (χ3n) is 3.11. The monoisotopic (exact) mass is 318 g/mol. The first-order valence-electron chi connectivity index (χ1n) is 6.94. The molecule has 0 fully saturated rings. The maximum Gasteiger partial charge on any atom is 0.310 e. The number of allylic oxidation sites excluding steroid dienone is 3. The summed E-state index contributed by atoms with van der Waals surface area (Å²) in [7, 11) is 0. The van der Waals surface area contributed by atoms with E-state index >= 15 is 0 Å². The number of benzene rings is 1. The quantitative estimate of drug-likeness (QED) is 0.249. The summed E-state index contributed by atoms with van der Waals surface area (Å²) >= 11 is 0. The van der Waals surface area contributed by atoms with E-state index in [1.165, 1.54) is 18.2 Å². The van der Waals surface area contributed by atoms with Gasteiger partial charge >= 0.3 is 5.97 Å². The molecule has 0 aromatic heterocycles. The topological polar surface area (TPSA) is 101 Å². The van der Waals surface area contributed by atoms with Gasteiger partial charge in [0, 0.05) is 12.0 Å². The van der Waals surface area contributed by atoms with Crippen LogP contribution in [-0.2, 0) is 25.5 Å². The Morgan fingerprint density at radius 1 is 1.22 bits per heavy atom. The number of phenolic OH excluding ortho intramolecular Hbond substituents is 2. The van der Waals surface area contributed by atoms with Crippen LogP contribution in [0.3, 0.4) is 0 Å². The predicted octanol–water partition coefficient (Wildman–Crippen LogP) is 1.84. The number of phenols is 2. The average Bonchev–Trinajstić information content (AvgIpc) is 2.52. The Bertz CT molecular complexity index is 642. The van der Waals surface area contributed by atoms with Crippen LogP contribution in [0.4, 0.5) is 0 Å². The molecule has 0 unspecified atom stereocenters. The van der Waals surface area contributed by atoms with Gasteiger partial charge in [-0.2, -0.15) is 0 Å². The third kappa shape index (κ3) is 5.78. The fourth-order valence-corrected chi connectivity index (χ4v) is 1.88. The van der Waals surface area contributed by atoms with Crippen LogP contribution in [0, 0.1) is 0 Å². The number of carbonyl (C=O) groups is 3. The Morgan fingerprint density at radius 2 is 1.96 bits per heavy atom. The van der Waals surface area contributed by atoms with E-state index in [-0.39, 0.29) is 30.1 Å². The molecule has 2 N–H and O–H groups in total. The molecule has 0 heterocycles. The first kappa shape index (κ1) is 18.2. The Balaban J connectivity index is 2.55. The number of carbonyl (C=O) groups excluding carboxylic acids is 3. The molecule has 6 nitrogen and oxygen atoms in total. The molecule has 0 aliphatic rings. The van der Waals surface area contributed by atoms with E-state index < -0.39 is 5.97 Å². The number of rotatable bonds is 8. The van der Waals surface area contributed by atoms with Crippen molar-refractivity contribution in [3.05, 3.63) is 47.1 Å². The molecule has 6 heteroatoms. The number of ether oxygens (including phenoxy) is 1. The van der Waals surface area contributed by atoms with E-state index in [2.05, 4.69) is 0 Å². The van der Waals surface area contributed by atoms with Crippen LogP contribution in [0.1, 0.15) is 18.9 Å². The van der Waals surface area contributed by atoms with Crippen LogP contribution >= 0.6 is 0 Å². The molecular weight excluding hydrogens is 300 g/mol. The van der Waals surface area contributed by atoms with Gasteiger partial charge in [0.2, 0.25) is 0 Å². The second-order valence-corrected chi connectivity index (χ2v) is 4.66. The van der Waals surface area contributed by atoms with E-state index in [9.17, 15) is 24.6 Å². The number of hydrogen-bond acceptors (Lipinski definition) is 6. The lowest BCUT2D eigenvalue weighted by atomic mass is 10.0. The van der Waals surface area contributed by atoms with Crippen molar-refractivity contribution in [2.45, 2.75) is 19.8 Å². The molecule has 0 amide bonds. The number of esters is 1. The number of aromatic hydroxyl groups is 2. The van der Waals surface area contributed by atoms with Gasteiger partial charge in [0.15, 0.2) is 11.5 Å². The second-order valence-electron chi connectivity index (χ2n) is 4.66. The summed E-state index contributed by atoms with van der Waals surface area (Å²) in [4.78, 5) is 33.2. The molecule has 0 atom stereocenters. The highest BCUT2D eigenvalue weighted by Crippen LogP contribution is 2.25. The molecule has 1 aromatic carbocycles. The van der Waals surface area contributed by atoms with Gasteiger partial charge in [0.25, 0.3) is 0 Å². The Kier molecular flexibility index (Phi) is 7.26. The molecular formula is C17H18O6. The maximum atomic E-state index is 11.8. The normalized spacial score (nSPS) is 11.9. The molecule has 0 aliphatic carbocycles. The molecule has 1 rings (SSSR count). The second kappa shape index (κ2) is 9.19. The van der Waals surface area contributed by atoms with Crippen LogP contribution in [0.2, 0.25) is 0 Å². The van der Waals surface area contributed by atoms with Gasteiger partial charge in [-0.3, -0.25) is 14.4 Å². The highest BCUT2D eigenvalue weighted by atomic mass is 16.5. The van der Waals surface area contributed by atoms with Gasteiger partial charge < -0.3 is 14.9 Å². The lowest BCUT2D eigenvalue weighted by molar-refractivity contribution is -0.142. The van der Waals surface area contributed by atoms with E-state index in [4.69, 9.17) is 4.74 Å². The summed E-state index contributed by atoms with van der Waals surface area (Å²) in [5.74, 6) is -1.03. The molecule has 122 valence electrons. The summed E-state index contributed by atoms with van der Waals surface area (Å²) in [6.07, 6.45) is 3.92. The van der Waals surface area contributed by atoms with Crippen molar-refractivity contribution in [2.24, 2.45) is 0 Å². The third-order valence-corrected chi connectivity index (χ3v) is 3.11. The lowest BCUT2D eigenvalue weighted by Gasteiger charge is -2.08. The van der Waals surface area contributed by atoms with Crippen molar-refractivity contribution >= 4 is 18.5 Å². The van der Waals surface area contributed by atoms with Gasteiger partial charge in [-0.15, -0.1) is 0 Å². The van der Waals surface area contributed by atoms with Crippen molar-refractivity contribution in [1.82, 2.24) is 0 Å². The van der Waals surface area contributed by atoms with Crippen LogP contribution < -0.4 is 0 Å². The first-order chi connectivity index (χ1) is 11.0. The molecule has 0 radical (unpaired) electrons. The maximum absolute atomic E-state index is 11.8. The van der Waals surface area contributed by atoms with Crippen molar-refractivity contribution in [1.29, 1.82) is 0 Å². The summed E-state index contributed by atoms with van der Waals surface area (Å²) in [6.45, 7) is 1.70. The summed E-state index contributed by atoms with van der Waals surface area (Å²) in [6, 6.07) is 4.33. The summed E-state index contributed by atoms with van der Waals surface area (Å²) < 4.78 is 5.05. The minimum atomic E-state index is -0.567. The standard InChI is InChI=1S/C17H18O6/c1-2-13(11-19)14(5-7-18)10-17(22)23-8-6-12-3-4-15(20)16(21)9-12/h2-5,7,9,11,20-21H,6,8,10H2,1H3/b13-2+,14-5+. The van der Waals surface area contributed by atoms with Crippen LogP contribution in [0.15, 0.2) is 41.5 Å². The fourth-order valence-electron chi connectivity index (χ4n) is 1.88. The molecule has 0 saturated heterocycles. The van der Waals surface area contributed by atoms with Crippen molar-refractivity contribution in [3.8, 4) is 11.5 Å². The zero-order valence-electron chi connectivity index (χ0n) is 12.7. The zero-order chi connectivity index (χ0) is 17.2. The molecule has 0 aliphatic heterocycles. The number of hydrogen-bond donors (Lipinski definition) is 2. The van der Waals surface area contributed by atoms with E-state index in [0.717, 1.165) is 6.08 Å². The van der Waals surface area contributed by atoms with Gasteiger partial charge in [0.1, 0.15) is 12.6 Å². The summed E-state index contributed by atoms with van der Waals surface area (Å²) in [5, 5.41) is 18.6. The molecule has 23 heavy (non-hydrogen) atoms. The van der Waals surface area contributed by atoms with E-state index in [0.29, 0.717) is 30.1 Å². The molecule has 0 bridgehead atoms. The van der Waals surface area contributed by atoms with Gasteiger partial charge in [-0.1, -0.05) is 12.1 Å². The molecule has 0 spiro atoms. The predicted molar refractivity (Wildman–Crippen MR) is 83.0 cm³/mol. The van der Waals surface area contributed by atoms with Gasteiger partial charge in [-0.05, 0) is 36.3 Å². The van der Waals surface area contributed by atoms with Gasteiger partial charge in [0.05, 0.1) is 13.0 Å². The van der Waals surface area contributed by atoms with E-state index in [1.54, 1.807) is 13.0 Å². The Morgan fingerprint density at radius 3 is 2.52 bits per heavy atom. The Hall–Kier alpha value is -2.89. The van der Waals surface area contributed by atoms with Crippen molar-refractivity contribution in [3.63, 3.8) is 0 Å². The fraction of sp³-hybridized carbons (Fsp3) is 0.235. The van der Waals surface area contributed by atoms with Gasteiger partial charge in [-0.25, -0.2) is 0 Å². The van der Waals surface area contributed by atoms with Crippen LogP contribution in [0.5, 0.6) is 11.5 Å². The lowest BCUT2D eigenvalue weighted by Crippen LogP contribution is -2.10. The molecule has 1 aromatic rings. The highest BCUT2D eigenvalue weighted by molar-refractivity contribution is 5.87. The van der Waals surface area contributed by atoms with Crippen LogP contribution in [-0.4, -0.2) is 35.4 Å². The minimum absolute atomic E-state index is 0.0731. The zero-order valence-corrected chi connectivity index (χ0v) is 12.7. The van der Waals surface area contributed by atoms with Crippen molar-refractivity contribution in [2.75, 3.05) is 6.61 Å². The average molecular weight is 318 g/mol. The largest absolute Gasteiger partial charge is 0.504 e. The van der Waals surface area contributed by atoms with Crippen molar-refractivity contribution < 1.29 is 29.3 Å². The number of aldehydes is 2.